The third-order valence-corrected chi connectivity index (χ3v) is 3.76. The van der Waals surface area contributed by atoms with Crippen molar-refractivity contribution in [2.45, 2.75) is 24.0 Å². The predicted molar refractivity (Wildman–Crippen MR) is 67.4 cm³/mol. The number of fused-ring (bicyclic) bond motifs is 1. The van der Waals surface area contributed by atoms with Gasteiger partial charge in [0.05, 0.1) is 6.04 Å². The SMILES string of the molecule is CC(N)c1nc(C2CSc3ccccc3O2)no1. The van der Waals surface area contributed by atoms with Crippen LogP contribution in [0.1, 0.15) is 30.8 Å². The molecule has 1 aliphatic rings. The summed E-state index contributed by atoms with van der Waals surface area (Å²) in [5, 5.41) is 3.93. The van der Waals surface area contributed by atoms with Crippen molar-refractivity contribution in [3.63, 3.8) is 0 Å². The second-order valence-corrected chi connectivity index (χ2v) is 5.21. The predicted octanol–water partition coefficient (Wildman–Crippen LogP) is 2.32. The van der Waals surface area contributed by atoms with Crippen LogP contribution in [0.5, 0.6) is 5.75 Å². The van der Waals surface area contributed by atoms with Gasteiger partial charge in [-0.05, 0) is 19.1 Å². The molecule has 0 fully saturated rings. The van der Waals surface area contributed by atoms with E-state index < -0.39 is 0 Å². The van der Waals surface area contributed by atoms with E-state index in [9.17, 15) is 0 Å². The molecule has 0 aliphatic carbocycles. The van der Waals surface area contributed by atoms with E-state index in [4.69, 9.17) is 15.0 Å². The van der Waals surface area contributed by atoms with Crippen LogP contribution in [-0.4, -0.2) is 15.9 Å². The smallest absolute Gasteiger partial charge is 0.243 e. The zero-order valence-electron chi connectivity index (χ0n) is 9.87. The van der Waals surface area contributed by atoms with Crippen LogP contribution in [0.3, 0.4) is 0 Å². The molecule has 18 heavy (non-hydrogen) atoms. The van der Waals surface area contributed by atoms with E-state index in [0.29, 0.717) is 11.7 Å². The van der Waals surface area contributed by atoms with Crippen LogP contribution in [0, 0.1) is 0 Å². The third kappa shape index (κ3) is 2.09. The molecule has 0 amide bonds. The lowest BCUT2D eigenvalue weighted by atomic mass is 10.3. The fraction of sp³-hybridized carbons (Fsp3) is 0.333. The van der Waals surface area contributed by atoms with Gasteiger partial charge >= 0.3 is 0 Å². The zero-order valence-corrected chi connectivity index (χ0v) is 10.7. The van der Waals surface area contributed by atoms with Gasteiger partial charge in [0.25, 0.3) is 0 Å². The molecule has 94 valence electrons. The summed E-state index contributed by atoms with van der Waals surface area (Å²) < 4.78 is 11.0. The Morgan fingerprint density at radius 2 is 2.28 bits per heavy atom. The largest absolute Gasteiger partial charge is 0.480 e. The summed E-state index contributed by atoms with van der Waals surface area (Å²) >= 11 is 1.73. The highest BCUT2D eigenvalue weighted by atomic mass is 32.2. The molecule has 1 aliphatic heterocycles. The van der Waals surface area contributed by atoms with Gasteiger partial charge < -0.3 is 15.0 Å². The number of rotatable bonds is 2. The van der Waals surface area contributed by atoms with Crippen molar-refractivity contribution in [1.29, 1.82) is 0 Å². The molecule has 0 spiro atoms. The summed E-state index contributed by atoms with van der Waals surface area (Å²) in [6.07, 6.45) is -0.179. The van der Waals surface area contributed by atoms with E-state index in [1.165, 1.54) is 0 Å². The number of thioether (sulfide) groups is 1. The van der Waals surface area contributed by atoms with E-state index in [0.717, 1.165) is 16.4 Å². The van der Waals surface area contributed by atoms with Gasteiger partial charge in [0.2, 0.25) is 11.7 Å². The highest BCUT2D eigenvalue weighted by Crippen LogP contribution is 2.39. The molecule has 0 saturated heterocycles. The topological polar surface area (TPSA) is 74.2 Å². The minimum atomic E-state index is -0.255. The number of para-hydroxylation sites is 1. The van der Waals surface area contributed by atoms with Crippen molar-refractivity contribution < 1.29 is 9.26 Å². The Morgan fingerprint density at radius 3 is 3.06 bits per heavy atom. The second kappa shape index (κ2) is 4.62. The number of nitrogens with zero attached hydrogens (tertiary/aromatic N) is 2. The number of benzene rings is 1. The molecular formula is C12H13N3O2S. The molecule has 2 heterocycles. The van der Waals surface area contributed by atoms with E-state index in [-0.39, 0.29) is 12.1 Å². The summed E-state index contributed by atoms with van der Waals surface area (Å²) in [5.41, 5.74) is 5.69. The third-order valence-electron chi connectivity index (χ3n) is 2.64. The average molecular weight is 263 g/mol. The number of hydrogen-bond donors (Lipinski definition) is 1. The molecular weight excluding hydrogens is 250 g/mol. The van der Waals surface area contributed by atoms with Crippen LogP contribution in [0.2, 0.25) is 0 Å². The highest BCUT2D eigenvalue weighted by Gasteiger charge is 2.26. The molecule has 2 atom stereocenters. The molecule has 2 unspecified atom stereocenters. The van der Waals surface area contributed by atoms with Crippen molar-refractivity contribution in [1.82, 2.24) is 10.1 Å². The Kier molecular flexibility index (Phi) is 2.97. The number of ether oxygens (including phenoxy) is 1. The van der Waals surface area contributed by atoms with Crippen molar-refractivity contribution in [2.24, 2.45) is 5.73 Å². The molecule has 2 aromatic rings. The van der Waals surface area contributed by atoms with Gasteiger partial charge in [-0.25, -0.2) is 0 Å². The number of nitrogens with two attached hydrogens (primary N) is 1. The molecule has 1 aromatic carbocycles. The molecule has 6 heteroatoms. The van der Waals surface area contributed by atoms with Crippen LogP contribution < -0.4 is 10.5 Å². The van der Waals surface area contributed by atoms with Gasteiger partial charge in [0.1, 0.15) is 5.75 Å². The van der Waals surface area contributed by atoms with Crippen LogP contribution in [0.15, 0.2) is 33.7 Å². The van der Waals surface area contributed by atoms with Crippen molar-refractivity contribution >= 4 is 11.8 Å². The number of hydrogen-bond acceptors (Lipinski definition) is 6. The lowest BCUT2D eigenvalue weighted by Crippen LogP contribution is -2.16. The summed E-state index contributed by atoms with van der Waals surface area (Å²) in [6.45, 7) is 1.81. The first kappa shape index (κ1) is 11.6. The normalized spacial score (nSPS) is 20.0. The summed E-state index contributed by atoms with van der Waals surface area (Å²) in [5.74, 6) is 2.64. The first-order valence-electron chi connectivity index (χ1n) is 5.71. The Balaban J connectivity index is 1.83. The Bertz CT molecular complexity index is 556. The van der Waals surface area contributed by atoms with Crippen molar-refractivity contribution in [2.75, 3.05) is 5.75 Å². The van der Waals surface area contributed by atoms with Gasteiger partial charge in [-0.3, -0.25) is 0 Å². The fourth-order valence-corrected chi connectivity index (χ4v) is 2.69. The summed E-state index contributed by atoms with van der Waals surface area (Å²) in [6, 6.07) is 7.68. The molecule has 3 rings (SSSR count). The second-order valence-electron chi connectivity index (χ2n) is 4.14. The minimum Gasteiger partial charge on any atom is -0.480 e. The van der Waals surface area contributed by atoms with E-state index in [1.807, 2.05) is 31.2 Å². The van der Waals surface area contributed by atoms with E-state index >= 15 is 0 Å². The van der Waals surface area contributed by atoms with E-state index in [2.05, 4.69) is 10.1 Å². The summed E-state index contributed by atoms with van der Waals surface area (Å²) in [4.78, 5) is 5.41. The molecule has 1 aromatic heterocycles. The van der Waals surface area contributed by atoms with Gasteiger partial charge in [-0.2, -0.15) is 4.98 Å². The van der Waals surface area contributed by atoms with Crippen LogP contribution in [0.4, 0.5) is 0 Å². The molecule has 0 bridgehead atoms. The van der Waals surface area contributed by atoms with Gasteiger partial charge in [-0.1, -0.05) is 17.3 Å². The van der Waals surface area contributed by atoms with E-state index in [1.54, 1.807) is 11.8 Å². The molecule has 0 saturated carbocycles. The highest BCUT2D eigenvalue weighted by molar-refractivity contribution is 7.99. The van der Waals surface area contributed by atoms with Gasteiger partial charge in [0, 0.05) is 10.6 Å². The first-order chi connectivity index (χ1) is 8.74. The molecule has 5 nitrogen and oxygen atoms in total. The molecule has 2 N–H and O–H groups in total. The lowest BCUT2D eigenvalue weighted by molar-refractivity contribution is 0.205. The number of aromatic nitrogens is 2. The van der Waals surface area contributed by atoms with Crippen molar-refractivity contribution in [3.8, 4) is 5.75 Å². The quantitative estimate of drug-likeness (QED) is 0.896. The van der Waals surface area contributed by atoms with Crippen LogP contribution in [0.25, 0.3) is 0 Å². The maximum Gasteiger partial charge on any atom is 0.243 e. The van der Waals surface area contributed by atoms with Crippen LogP contribution >= 0.6 is 11.8 Å². The minimum absolute atomic E-state index is 0.179. The first-order valence-corrected chi connectivity index (χ1v) is 6.70. The Hall–Kier alpha value is -1.53. The fourth-order valence-electron chi connectivity index (χ4n) is 1.71. The maximum absolute atomic E-state index is 5.86. The maximum atomic E-state index is 5.86. The lowest BCUT2D eigenvalue weighted by Gasteiger charge is -2.22. The van der Waals surface area contributed by atoms with Crippen molar-refractivity contribution in [3.05, 3.63) is 36.0 Å². The van der Waals surface area contributed by atoms with Gasteiger partial charge in [-0.15, -0.1) is 11.8 Å². The van der Waals surface area contributed by atoms with Crippen LogP contribution in [-0.2, 0) is 0 Å². The van der Waals surface area contributed by atoms with Gasteiger partial charge in [0.15, 0.2) is 6.10 Å². The zero-order chi connectivity index (χ0) is 12.5. The Morgan fingerprint density at radius 1 is 1.44 bits per heavy atom. The monoisotopic (exact) mass is 263 g/mol. The Labute approximate surface area is 109 Å². The average Bonchev–Trinajstić information content (AvgIpc) is 2.88. The molecule has 0 radical (unpaired) electrons. The standard InChI is InChI=1S/C12H13N3O2S/c1-7(13)12-14-11(15-17-12)9-6-18-10-5-3-2-4-8(10)16-9/h2-5,7,9H,6,13H2,1H3. The summed E-state index contributed by atoms with van der Waals surface area (Å²) in [7, 11) is 0.